The second-order valence-electron chi connectivity index (χ2n) is 7.66. The third kappa shape index (κ3) is 3.01. The van der Waals surface area contributed by atoms with E-state index >= 15 is 0 Å². The van der Waals surface area contributed by atoms with Crippen molar-refractivity contribution in [2.24, 2.45) is 0 Å². The van der Waals surface area contributed by atoms with Gasteiger partial charge in [0.2, 0.25) is 5.78 Å². The molecule has 0 spiro atoms. The quantitative estimate of drug-likeness (QED) is 0.340. The smallest absolute Gasteiger partial charge is 0.296 e. The molecular weight excluding hydrogens is 456 g/mol. The topological polar surface area (TPSA) is 106 Å². The van der Waals surface area contributed by atoms with Crippen LogP contribution in [0.5, 0.6) is 5.75 Å². The molecule has 1 N–H and O–H groups in total. The number of benzene rings is 2. The fraction of sp³-hybridized carbons (Fsp3) is 0.0800. The third-order valence-corrected chi connectivity index (χ3v) is 6.72. The Morgan fingerprint density at radius 3 is 2.76 bits per heavy atom. The highest BCUT2D eigenvalue weighted by Gasteiger charge is 2.48. The van der Waals surface area contributed by atoms with Crippen molar-refractivity contribution in [3.63, 3.8) is 0 Å². The number of para-hydroxylation sites is 1. The first kappa shape index (κ1) is 20.3. The van der Waals surface area contributed by atoms with Gasteiger partial charge in [0.15, 0.2) is 16.7 Å². The van der Waals surface area contributed by atoms with Gasteiger partial charge in [0, 0.05) is 5.39 Å². The highest BCUT2D eigenvalue weighted by Crippen LogP contribution is 2.44. The van der Waals surface area contributed by atoms with Gasteiger partial charge in [0.1, 0.15) is 23.1 Å². The molecule has 3 aromatic heterocycles. The zero-order valence-corrected chi connectivity index (χ0v) is 18.5. The minimum absolute atomic E-state index is 0.0167. The lowest BCUT2D eigenvalue weighted by atomic mass is 10.00. The predicted octanol–water partition coefficient (Wildman–Crippen LogP) is 5.43. The van der Waals surface area contributed by atoms with E-state index in [4.69, 9.17) is 13.6 Å². The molecule has 0 saturated carbocycles. The Kier molecular flexibility index (Phi) is 4.53. The second kappa shape index (κ2) is 7.60. The SMILES string of the molecule is COc1ccc2nc(N3C(=O)C(O)=C(C(=O)c4cc5ccccc5o4)C3c3ccco3)sc2c1. The molecule has 1 unspecified atom stereocenters. The lowest BCUT2D eigenvalue weighted by molar-refractivity contribution is -0.117. The molecule has 1 aliphatic heterocycles. The number of methoxy groups -OCH3 is 1. The summed E-state index contributed by atoms with van der Waals surface area (Å²) in [6.45, 7) is 0. The monoisotopic (exact) mass is 472 g/mol. The molecule has 0 aliphatic carbocycles. The fourth-order valence-corrected chi connectivity index (χ4v) is 5.12. The third-order valence-electron chi connectivity index (χ3n) is 5.71. The van der Waals surface area contributed by atoms with E-state index in [2.05, 4.69) is 4.98 Å². The van der Waals surface area contributed by atoms with Gasteiger partial charge in [-0.2, -0.15) is 0 Å². The van der Waals surface area contributed by atoms with E-state index in [1.54, 1.807) is 49.6 Å². The summed E-state index contributed by atoms with van der Waals surface area (Å²) >= 11 is 1.24. The molecule has 8 nitrogen and oxygen atoms in total. The van der Waals surface area contributed by atoms with Crippen LogP contribution in [0, 0.1) is 0 Å². The number of anilines is 1. The number of carbonyl (C=O) groups is 2. The number of aliphatic hydroxyl groups is 1. The van der Waals surface area contributed by atoms with E-state index in [1.165, 1.54) is 22.5 Å². The summed E-state index contributed by atoms with van der Waals surface area (Å²) in [5, 5.41) is 11.9. The first-order valence-corrected chi connectivity index (χ1v) is 11.1. The van der Waals surface area contributed by atoms with Gasteiger partial charge in [0.25, 0.3) is 5.91 Å². The molecule has 2 aromatic carbocycles. The number of aromatic nitrogens is 1. The van der Waals surface area contributed by atoms with Gasteiger partial charge < -0.3 is 18.7 Å². The summed E-state index contributed by atoms with van der Waals surface area (Å²) in [5.74, 6) is -1.03. The van der Waals surface area contributed by atoms with Crippen LogP contribution < -0.4 is 9.64 Å². The van der Waals surface area contributed by atoms with Crippen molar-refractivity contribution in [3.8, 4) is 5.75 Å². The number of ether oxygens (including phenoxy) is 1. The van der Waals surface area contributed by atoms with Crippen molar-refractivity contribution < 1.29 is 28.3 Å². The molecule has 9 heteroatoms. The van der Waals surface area contributed by atoms with E-state index in [0.717, 1.165) is 10.1 Å². The minimum Gasteiger partial charge on any atom is -0.503 e. The first-order chi connectivity index (χ1) is 16.5. The number of amides is 1. The van der Waals surface area contributed by atoms with Crippen molar-refractivity contribution in [1.82, 2.24) is 4.98 Å². The first-order valence-electron chi connectivity index (χ1n) is 10.3. The summed E-state index contributed by atoms with van der Waals surface area (Å²) in [5.41, 5.74) is 1.06. The van der Waals surface area contributed by atoms with Crippen LogP contribution in [0.25, 0.3) is 21.2 Å². The van der Waals surface area contributed by atoms with Gasteiger partial charge in [-0.05, 0) is 42.5 Å². The van der Waals surface area contributed by atoms with Gasteiger partial charge >= 0.3 is 0 Å². The number of hydrogen-bond donors (Lipinski definition) is 1. The molecule has 5 aromatic rings. The van der Waals surface area contributed by atoms with Crippen LogP contribution in [0.2, 0.25) is 0 Å². The number of fused-ring (bicyclic) bond motifs is 2. The molecule has 1 aliphatic rings. The van der Waals surface area contributed by atoms with Gasteiger partial charge in [-0.15, -0.1) is 0 Å². The number of carbonyl (C=O) groups excluding carboxylic acids is 2. The van der Waals surface area contributed by atoms with Crippen molar-refractivity contribution >= 4 is 49.3 Å². The Bertz CT molecular complexity index is 1580. The van der Waals surface area contributed by atoms with E-state index in [-0.39, 0.29) is 11.3 Å². The number of aliphatic hydroxyl groups excluding tert-OH is 1. The molecule has 4 heterocycles. The fourth-order valence-electron chi connectivity index (χ4n) is 4.10. The number of furan rings is 2. The van der Waals surface area contributed by atoms with E-state index in [1.807, 2.05) is 18.2 Å². The number of Topliss-reactive ketones (excluding diaryl/α,β-unsaturated/α-hetero) is 1. The Hall–Kier alpha value is -4.37. The number of rotatable bonds is 5. The van der Waals surface area contributed by atoms with Gasteiger partial charge in [-0.25, -0.2) is 4.98 Å². The number of ketones is 1. The highest BCUT2D eigenvalue weighted by atomic mass is 32.1. The maximum atomic E-state index is 13.5. The Balaban J connectivity index is 1.48. The molecule has 0 fully saturated rings. The van der Waals surface area contributed by atoms with Crippen LogP contribution in [0.1, 0.15) is 22.4 Å². The normalized spacial score (nSPS) is 16.2. The van der Waals surface area contributed by atoms with Crippen LogP contribution in [-0.2, 0) is 4.79 Å². The molecule has 0 radical (unpaired) electrons. The van der Waals surface area contributed by atoms with Crippen molar-refractivity contribution in [2.45, 2.75) is 6.04 Å². The largest absolute Gasteiger partial charge is 0.503 e. The minimum atomic E-state index is -1.01. The second-order valence-corrected chi connectivity index (χ2v) is 8.67. The predicted molar refractivity (Wildman–Crippen MR) is 125 cm³/mol. The molecule has 6 rings (SSSR count). The summed E-state index contributed by atoms with van der Waals surface area (Å²) < 4.78 is 17.4. The maximum absolute atomic E-state index is 13.5. The number of hydrogen-bond acceptors (Lipinski definition) is 8. The average Bonchev–Trinajstić information content (AvgIpc) is 3.63. The Morgan fingerprint density at radius 1 is 1.15 bits per heavy atom. The van der Waals surface area contributed by atoms with Crippen LogP contribution in [0.3, 0.4) is 0 Å². The van der Waals surface area contributed by atoms with Crippen molar-refractivity contribution in [1.29, 1.82) is 0 Å². The lowest BCUT2D eigenvalue weighted by Gasteiger charge is -2.21. The number of thiazole rings is 1. The maximum Gasteiger partial charge on any atom is 0.296 e. The standard InChI is InChI=1S/C25H16N2O6S/c1-31-14-8-9-15-19(12-14)34-25(26-15)27-21(17-7-4-10-32-17)20(23(29)24(27)30)22(28)18-11-13-5-2-3-6-16(13)33-18/h2-12,21,29H,1H3. The summed E-state index contributed by atoms with van der Waals surface area (Å²) in [6, 6.07) is 16.4. The summed E-state index contributed by atoms with van der Waals surface area (Å²) in [4.78, 5) is 32.7. The molecule has 1 atom stereocenters. The molecular formula is C25H16N2O6S. The van der Waals surface area contributed by atoms with Gasteiger partial charge in [0.05, 0.1) is 29.2 Å². The Morgan fingerprint density at radius 2 is 2.00 bits per heavy atom. The van der Waals surface area contributed by atoms with Gasteiger partial charge in [-0.1, -0.05) is 29.5 Å². The molecule has 1 amide bonds. The van der Waals surface area contributed by atoms with Crippen LogP contribution in [-0.4, -0.2) is 28.9 Å². The highest BCUT2D eigenvalue weighted by molar-refractivity contribution is 7.22. The van der Waals surface area contributed by atoms with Crippen LogP contribution in [0.15, 0.2) is 87.1 Å². The van der Waals surface area contributed by atoms with E-state index < -0.39 is 23.5 Å². The number of nitrogens with zero attached hydrogens (tertiary/aromatic N) is 2. The molecule has 0 bridgehead atoms. The molecule has 34 heavy (non-hydrogen) atoms. The Labute approximate surface area is 196 Å². The summed E-state index contributed by atoms with van der Waals surface area (Å²) in [7, 11) is 1.57. The van der Waals surface area contributed by atoms with E-state index in [9.17, 15) is 14.7 Å². The van der Waals surface area contributed by atoms with Gasteiger partial charge in [-0.3, -0.25) is 14.5 Å². The zero-order valence-electron chi connectivity index (χ0n) is 17.7. The average molecular weight is 472 g/mol. The zero-order chi connectivity index (χ0) is 23.4. The van der Waals surface area contributed by atoms with Crippen molar-refractivity contribution in [3.05, 3.63) is 89.8 Å². The van der Waals surface area contributed by atoms with E-state index in [0.29, 0.717) is 27.7 Å². The van der Waals surface area contributed by atoms with Crippen LogP contribution >= 0.6 is 11.3 Å². The summed E-state index contributed by atoms with van der Waals surface area (Å²) in [6.07, 6.45) is 1.44. The lowest BCUT2D eigenvalue weighted by Crippen LogP contribution is -2.30. The van der Waals surface area contributed by atoms with Crippen LogP contribution in [0.4, 0.5) is 5.13 Å². The molecule has 168 valence electrons. The molecule has 0 saturated heterocycles. The van der Waals surface area contributed by atoms with Crippen molar-refractivity contribution in [2.75, 3.05) is 12.0 Å².